The zero-order valence-electron chi connectivity index (χ0n) is 15.0. The van der Waals surface area contributed by atoms with Gasteiger partial charge in [0, 0.05) is 48.5 Å². The third-order valence-corrected chi connectivity index (χ3v) is 6.30. The maximum atomic E-state index is 6.02. The first-order valence-corrected chi connectivity index (χ1v) is 10.2. The van der Waals surface area contributed by atoms with Crippen LogP contribution in [0.4, 0.5) is 11.6 Å². The summed E-state index contributed by atoms with van der Waals surface area (Å²) in [7, 11) is 0. The zero-order valence-corrected chi connectivity index (χ0v) is 16.6. The molecule has 1 aliphatic rings. The molecule has 0 aliphatic carbocycles. The molecule has 5 rings (SSSR count). The van der Waals surface area contributed by atoms with E-state index >= 15 is 0 Å². The number of rotatable bonds is 3. The average molecular weight is 409 g/mol. The normalized spacial score (nSPS) is 14.6. The average Bonchev–Trinajstić information content (AvgIpc) is 3.19. The Kier molecular flexibility index (Phi) is 4.54. The van der Waals surface area contributed by atoms with Gasteiger partial charge in [0.25, 0.3) is 0 Å². The van der Waals surface area contributed by atoms with Crippen molar-refractivity contribution in [2.24, 2.45) is 0 Å². The van der Waals surface area contributed by atoms with Gasteiger partial charge >= 0.3 is 0 Å². The van der Waals surface area contributed by atoms with Gasteiger partial charge in [-0.15, -0.1) is 11.3 Å². The lowest BCUT2D eigenvalue weighted by atomic mass is 10.2. The van der Waals surface area contributed by atoms with Crippen LogP contribution in [0.25, 0.3) is 20.7 Å². The molecular formula is C20H17ClN6S. The van der Waals surface area contributed by atoms with Crippen LogP contribution in [0.2, 0.25) is 5.02 Å². The number of benzene rings is 1. The van der Waals surface area contributed by atoms with E-state index < -0.39 is 0 Å². The van der Waals surface area contributed by atoms with Crippen LogP contribution in [0.3, 0.4) is 0 Å². The van der Waals surface area contributed by atoms with Crippen molar-refractivity contribution >= 4 is 44.8 Å². The fourth-order valence-electron chi connectivity index (χ4n) is 3.43. The third kappa shape index (κ3) is 3.27. The van der Waals surface area contributed by atoms with Gasteiger partial charge in [-0.2, -0.15) is 0 Å². The summed E-state index contributed by atoms with van der Waals surface area (Å²) in [5.74, 6) is 1.94. The summed E-state index contributed by atoms with van der Waals surface area (Å²) in [6.45, 7) is 3.55. The first-order valence-electron chi connectivity index (χ1n) is 9.04. The van der Waals surface area contributed by atoms with Crippen molar-refractivity contribution < 1.29 is 0 Å². The quantitative estimate of drug-likeness (QED) is 0.508. The number of aromatic nitrogens is 4. The SMILES string of the molecule is Clc1ccc(-c2cc3ncnc(N4CCN(c5cnccn5)CC4)c3s2)cc1. The molecule has 3 aromatic heterocycles. The van der Waals surface area contributed by atoms with Crippen molar-refractivity contribution in [3.05, 3.63) is 60.3 Å². The van der Waals surface area contributed by atoms with Crippen molar-refractivity contribution in [3.8, 4) is 10.4 Å². The van der Waals surface area contributed by atoms with Crippen LogP contribution in [0, 0.1) is 0 Å². The van der Waals surface area contributed by atoms with Gasteiger partial charge in [0.15, 0.2) is 0 Å². The van der Waals surface area contributed by atoms with Crippen LogP contribution in [-0.4, -0.2) is 46.1 Å². The van der Waals surface area contributed by atoms with Gasteiger partial charge in [-0.25, -0.2) is 15.0 Å². The smallest absolute Gasteiger partial charge is 0.150 e. The molecule has 1 aromatic carbocycles. The van der Waals surface area contributed by atoms with E-state index in [0.717, 1.165) is 58.6 Å². The predicted octanol–water partition coefficient (Wildman–Crippen LogP) is 4.13. The summed E-state index contributed by atoms with van der Waals surface area (Å²) in [6.07, 6.45) is 6.91. The molecule has 8 heteroatoms. The van der Waals surface area contributed by atoms with Gasteiger partial charge in [0.05, 0.1) is 16.4 Å². The highest BCUT2D eigenvalue weighted by Gasteiger charge is 2.22. The second kappa shape index (κ2) is 7.33. The second-order valence-electron chi connectivity index (χ2n) is 6.57. The summed E-state index contributed by atoms with van der Waals surface area (Å²) in [5.41, 5.74) is 2.13. The van der Waals surface area contributed by atoms with Gasteiger partial charge < -0.3 is 9.80 Å². The Morgan fingerprint density at radius 3 is 2.43 bits per heavy atom. The molecule has 4 heterocycles. The van der Waals surface area contributed by atoms with E-state index in [1.165, 1.54) is 4.88 Å². The number of hydrogen-bond donors (Lipinski definition) is 0. The summed E-state index contributed by atoms with van der Waals surface area (Å²) in [6, 6.07) is 10.0. The summed E-state index contributed by atoms with van der Waals surface area (Å²) in [5, 5.41) is 0.742. The number of piperazine rings is 1. The number of halogens is 1. The molecule has 0 saturated carbocycles. The van der Waals surface area contributed by atoms with Crippen LogP contribution >= 0.6 is 22.9 Å². The molecule has 1 aliphatic heterocycles. The molecule has 140 valence electrons. The molecule has 28 heavy (non-hydrogen) atoms. The predicted molar refractivity (Wildman–Crippen MR) is 114 cm³/mol. The number of thiophene rings is 1. The molecule has 0 unspecified atom stereocenters. The highest BCUT2D eigenvalue weighted by atomic mass is 35.5. The Balaban J connectivity index is 1.41. The molecule has 0 spiro atoms. The molecule has 0 N–H and O–H groups in total. The van der Waals surface area contributed by atoms with Gasteiger partial charge in [-0.1, -0.05) is 23.7 Å². The van der Waals surface area contributed by atoms with Crippen molar-refractivity contribution in [3.63, 3.8) is 0 Å². The van der Waals surface area contributed by atoms with Crippen molar-refractivity contribution in [1.29, 1.82) is 0 Å². The molecule has 1 saturated heterocycles. The number of fused-ring (bicyclic) bond motifs is 1. The molecule has 1 fully saturated rings. The summed E-state index contributed by atoms with van der Waals surface area (Å²) < 4.78 is 1.13. The maximum Gasteiger partial charge on any atom is 0.150 e. The largest absolute Gasteiger partial charge is 0.352 e. The van der Waals surface area contributed by atoms with E-state index in [2.05, 4.69) is 35.8 Å². The molecule has 0 bridgehead atoms. The second-order valence-corrected chi connectivity index (χ2v) is 8.06. The van der Waals surface area contributed by atoms with Crippen molar-refractivity contribution in [1.82, 2.24) is 19.9 Å². The zero-order chi connectivity index (χ0) is 18.9. The Morgan fingerprint density at radius 2 is 1.68 bits per heavy atom. The van der Waals surface area contributed by atoms with Gasteiger partial charge in [-0.3, -0.25) is 4.98 Å². The first kappa shape index (κ1) is 17.3. The summed E-state index contributed by atoms with van der Waals surface area (Å²) in [4.78, 5) is 23.4. The molecule has 0 atom stereocenters. The number of hydrogen-bond acceptors (Lipinski definition) is 7. The topological polar surface area (TPSA) is 58.0 Å². The Bertz CT molecular complexity index is 1090. The monoisotopic (exact) mass is 408 g/mol. The minimum absolute atomic E-state index is 0.742. The van der Waals surface area contributed by atoms with Gasteiger partial charge in [-0.05, 0) is 23.8 Å². The fraction of sp³-hybridized carbons (Fsp3) is 0.200. The molecule has 4 aromatic rings. The number of nitrogens with zero attached hydrogens (tertiary/aromatic N) is 6. The van der Waals surface area contributed by atoms with E-state index in [-0.39, 0.29) is 0 Å². The van der Waals surface area contributed by atoms with Gasteiger partial charge in [0.1, 0.15) is 18.0 Å². The molecular weight excluding hydrogens is 392 g/mol. The lowest BCUT2D eigenvalue weighted by Crippen LogP contribution is -2.47. The molecule has 0 radical (unpaired) electrons. The van der Waals surface area contributed by atoms with Crippen LogP contribution in [0.5, 0.6) is 0 Å². The summed E-state index contributed by atoms with van der Waals surface area (Å²) >= 11 is 7.75. The lowest BCUT2D eigenvalue weighted by Gasteiger charge is -2.35. The van der Waals surface area contributed by atoms with E-state index in [9.17, 15) is 0 Å². The fourth-order valence-corrected chi connectivity index (χ4v) is 4.69. The minimum Gasteiger partial charge on any atom is -0.352 e. The molecule has 0 amide bonds. The highest BCUT2D eigenvalue weighted by molar-refractivity contribution is 7.22. The van der Waals surface area contributed by atoms with Crippen molar-refractivity contribution in [2.75, 3.05) is 36.0 Å². The van der Waals surface area contributed by atoms with Crippen LogP contribution in [0.1, 0.15) is 0 Å². The lowest BCUT2D eigenvalue weighted by molar-refractivity contribution is 0.642. The first-order chi connectivity index (χ1) is 13.8. The number of anilines is 2. The van der Waals surface area contributed by atoms with Crippen molar-refractivity contribution in [2.45, 2.75) is 0 Å². The van der Waals surface area contributed by atoms with Gasteiger partial charge in [0.2, 0.25) is 0 Å². The Hall–Kier alpha value is -2.77. The van der Waals surface area contributed by atoms with Crippen LogP contribution < -0.4 is 9.80 Å². The highest BCUT2D eigenvalue weighted by Crippen LogP contribution is 2.37. The van der Waals surface area contributed by atoms with E-state index in [1.54, 1.807) is 30.1 Å². The minimum atomic E-state index is 0.742. The molecule has 6 nitrogen and oxygen atoms in total. The van der Waals surface area contributed by atoms with Crippen LogP contribution in [-0.2, 0) is 0 Å². The van der Waals surface area contributed by atoms with E-state index in [0.29, 0.717) is 0 Å². The van der Waals surface area contributed by atoms with Crippen LogP contribution in [0.15, 0.2) is 55.2 Å². The Morgan fingerprint density at radius 1 is 0.893 bits per heavy atom. The third-order valence-electron chi connectivity index (χ3n) is 4.87. The van der Waals surface area contributed by atoms with E-state index in [4.69, 9.17) is 11.6 Å². The Labute approximate surface area is 171 Å². The maximum absolute atomic E-state index is 6.02. The van der Waals surface area contributed by atoms with E-state index in [1.807, 2.05) is 30.5 Å². The standard InChI is InChI=1S/C20H17ClN6S/c21-15-3-1-14(2-4-15)17-11-16-19(28-17)20(25-13-24-16)27-9-7-26(8-10-27)18-12-22-5-6-23-18/h1-6,11-13H,7-10H2.